The van der Waals surface area contributed by atoms with Gasteiger partial charge >= 0.3 is 0 Å². The Bertz CT molecular complexity index is 420. The lowest BCUT2D eigenvalue weighted by Crippen LogP contribution is -2.46. The molecule has 0 bridgehead atoms. The van der Waals surface area contributed by atoms with Gasteiger partial charge in [-0.05, 0) is 50.9 Å². The van der Waals surface area contributed by atoms with Crippen LogP contribution in [-0.4, -0.2) is 48.6 Å². The van der Waals surface area contributed by atoms with Crippen molar-refractivity contribution in [3.8, 4) is 0 Å². The molecule has 2 fully saturated rings. The Morgan fingerprint density at radius 3 is 2.60 bits per heavy atom. The fourth-order valence-electron chi connectivity index (χ4n) is 3.50. The second-order valence-corrected chi connectivity index (χ2v) is 6.11. The SMILES string of the molecule is C(=C\c1ccccc1)/CN1CCC[C@@H](N2CCCC2)C1. The number of piperidine rings is 1. The first kappa shape index (κ1) is 13.8. The van der Waals surface area contributed by atoms with Crippen molar-refractivity contribution < 1.29 is 0 Å². The minimum absolute atomic E-state index is 0.816. The second-order valence-electron chi connectivity index (χ2n) is 6.11. The van der Waals surface area contributed by atoms with Gasteiger partial charge in [-0.25, -0.2) is 0 Å². The fraction of sp³-hybridized carbons (Fsp3) is 0.556. The zero-order valence-corrected chi connectivity index (χ0v) is 12.4. The van der Waals surface area contributed by atoms with Crippen LogP contribution in [0.5, 0.6) is 0 Å². The maximum absolute atomic E-state index is 2.72. The molecule has 1 aromatic carbocycles. The van der Waals surface area contributed by atoms with Gasteiger partial charge in [0.05, 0.1) is 0 Å². The zero-order valence-electron chi connectivity index (χ0n) is 12.4. The third-order valence-corrected chi connectivity index (χ3v) is 4.61. The van der Waals surface area contributed by atoms with Gasteiger partial charge in [0.2, 0.25) is 0 Å². The van der Waals surface area contributed by atoms with Crippen LogP contribution >= 0.6 is 0 Å². The summed E-state index contributed by atoms with van der Waals surface area (Å²) in [7, 11) is 0. The van der Waals surface area contributed by atoms with E-state index in [0.29, 0.717) is 0 Å². The van der Waals surface area contributed by atoms with Gasteiger partial charge in [0.25, 0.3) is 0 Å². The molecule has 0 radical (unpaired) electrons. The molecule has 1 aromatic rings. The molecule has 2 aliphatic heterocycles. The predicted molar refractivity (Wildman–Crippen MR) is 85.7 cm³/mol. The number of rotatable bonds is 4. The Kier molecular flexibility index (Phi) is 4.88. The fourth-order valence-corrected chi connectivity index (χ4v) is 3.50. The van der Waals surface area contributed by atoms with Gasteiger partial charge in [-0.1, -0.05) is 42.5 Å². The van der Waals surface area contributed by atoms with Gasteiger partial charge in [-0.3, -0.25) is 9.80 Å². The van der Waals surface area contributed by atoms with Gasteiger partial charge in [0.1, 0.15) is 0 Å². The first-order valence-electron chi connectivity index (χ1n) is 8.10. The van der Waals surface area contributed by atoms with Crippen molar-refractivity contribution in [2.75, 3.05) is 32.7 Å². The van der Waals surface area contributed by atoms with Crippen molar-refractivity contribution in [1.29, 1.82) is 0 Å². The van der Waals surface area contributed by atoms with Gasteiger partial charge in [-0.2, -0.15) is 0 Å². The third-order valence-electron chi connectivity index (χ3n) is 4.61. The van der Waals surface area contributed by atoms with Gasteiger partial charge in [-0.15, -0.1) is 0 Å². The van der Waals surface area contributed by atoms with Crippen LogP contribution in [0.25, 0.3) is 6.08 Å². The van der Waals surface area contributed by atoms with Crippen LogP contribution in [0.4, 0.5) is 0 Å². The topological polar surface area (TPSA) is 6.48 Å². The average Bonchev–Trinajstić information content (AvgIpc) is 3.03. The summed E-state index contributed by atoms with van der Waals surface area (Å²) in [5.41, 5.74) is 1.31. The van der Waals surface area contributed by atoms with Crippen molar-refractivity contribution in [2.45, 2.75) is 31.7 Å². The molecule has 0 aromatic heterocycles. The molecule has 2 saturated heterocycles. The molecule has 0 aliphatic carbocycles. The smallest absolute Gasteiger partial charge is 0.0223 e. The Balaban J connectivity index is 1.49. The summed E-state index contributed by atoms with van der Waals surface area (Å²) in [5.74, 6) is 0. The van der Waals surface area contributed by atoms with E-state index >= 15 is 0 Å². The number of likely N-dealkylation sites (tertiary alicyclic amines) is 2. The Labute approximate surface area is 123 Å². The van der Waals surface area contributed by atoms with E-state index in [1.54, 1.807) is 0 Å². The highest BCUT2D eigenvalue weighted by molar-refractivity contribution is 5.48. The highest BCUT2D eigenvalue weighted by Gasteiger charge is 2.26. The molecule has 2 heterocycles. The molecule has 1 atom stereocenters. The van der Waals surface area contributed by atoms with E-state index in [1.165, 1.54) is 57.4 Å². The summed E-state index contributed by atoms with van der Waals surface area (Å²) in [4.78, 5) is 5.33. The molecule has 3 rings (SSSR count). The minimum atomic E-state index is 0.816. The highest BCUT2D eigenvalue weighted by atomic mass is 15.2. The Morgan fingerprint density at radius 1 is 1.00 bits per heavy atom. The first-order valence-corrected chi connectivity index (χ1v) is 8.10. The van der Waals surface area contributed by atoms with Crippen LogP contribution in [0.15, 0.2) is 36.4 Å². The first-order chi connectivity index (χ1) is 9.92. The predicted octanol–water partition coefficient (Wildman–Crippen LogP) is 3.26. The van der Waals surface area contributed by atoms with Crippen molar-refractivity contribution in [2.24, 2.45) is 0 Å². The van der Waals surface area contributed by atoms with Crippen LogP contribution < -0.4 is 0 Å². The molecule has 20 heavy (non-hydrogen) atoms. The van der Waals surface area contributed by atoms with Crippen LogP contribution in [-0.2, 0) is 0 Å². The lowest BCUT2D eigenvalue weighted by molar-refractivity contribution is 0.124. The molecular weight excluding hydrogens is 244 g/mol. The largest absolute Gasteiger partial charge is 0.299 e. The van der Waals surface area contributed by atoms with E-state index in [-0.39, 0.29) is 0 Å². The molecule has 0 unspecified atom stereocenters. The molecule has 0 amide bonds. The van der Waals surface area contributed by atoms with Crippen LogP contribution in [0.3, 0.4) is 0 Å². The summed E-state index contributed by atoms with van der Waals surface area (Å²) in [6.07, 6.45) is 10.1. The number of hydrogen-bond donors (Lipinski definition) is 0. The molecule has 0 spiro atoms. The maximum atomic E-state index is 2.72. The van der Waals surface area contributed by atoms with E-state index in [9.17, 15) is 0 Å². The Morgan fingerprint density at radius 2 is 1.80 bits per heavy atom. The van der Waals surface area contributed by atoms with Crippen LogP contribution in [0.1, 0.15) is 31.2 Å². The molecular formula is C18H26N2. The molecule has 0 N–H and O–H groups in total. The second kappa shape index (κ2) is 7.05. The molecule has 108 valence electrons. The third kappa shape index (κ3) is 3.71. The Hall–Kier alpha value is -1.12. The molecule has 2 nitrogen and oxygen atoms in total. The van der Waals surface area contributed by atoms with Gasteiger partial charge in [0, 0.05) is 19.1 Å². The monoisotopic (exact) mass is 270 g/mol. The summed E-state index contributed by atoms with van der Waals surface area (Å²) in [6, 6.07) is 11.4. The average molecular weight is 270 g/mol. The van der Waals surface area contributed by atoms with E-state index < -0.39 is 0 Å². The van der Waals surface area contributed by atoms with E-state index in [2.05, 4.69) is 52.3 Å². The van der Waals surface area contributed by atoms with Crippen LogP contribution in [0, 0.1) is 0 Å². The number of nitrogens with zero attached hydrogens (tertiary/aromatic N) is 2. The van der Waals surface area contributed by atoms with Gasteiger partial charge in [0.15, 0.2) is 0 Å². The lowest BCUT2D eigenvalue weighted by atomic mass is 10.0. The van der Waals surface area contributed by atoms with Crippen molar-refractivity contribution >= 4 is 6.08 Å². The van der Waals surface area contributed by atoms with Crippen molar-refractivity contribution in [1.82, 2.24) is 9.80 Å². The van der Waals surface area contributed by atoms with E-state index in [4.69, 9.17) is 0 Å². The summed E-state index contributed by atoms with van der Waals surface area (Å²) >= 11 is 0. The van der Waals surface area contributed by atoms with Crippen molar-refractivity contribution in [3.05, 3.63) is 42.0 Å². The molecule has 0 saturated carbocycles. The summed E-state index contributed by atoms with van der Waals surface area (Å²) in [5, 5.41) is 0. The number of benzene rings is 1. The highest BCUT2D eigenvalue weighted by Crippen LogP contribution is 2.20. The normalized spacial score (nSPS) is 25.5. The zero-order chi connectivity index (χ0) is 13.6. The minimum Gasteiger partial charge on any atom is -0.299 e. The molecule has 2 heteroatoms. The van der Waals surface area contributed by atoms with Crippen molar-refractivity contribution in [3.63, 3.8) is 0 Å². The van der Waals surface area contributed by atoms with E-state index in [0.717, 1.165) is 12.6 Å². The quantitative estimate of drug-likeness (QED) is 0.828. The van der Waals surface area contributed by atoms with E-state index in [1.807, 2.05) is 0 Å². The maximum Gasteiger partial charge on any atom is 0.0223 e. The summed E-state index contributed by atoms with van der Waals surface area (Å²) < 4.78 is 0. The van der Waals surface area contributed by atoms with Crippen LogP contribution in [0.2, 0.25) is 0 Å². The van der Waals surface area contributed by atoms with Gasteiger partial charge < -0.3 is 0 Å². The molecule has 2 aliphatic rings. The standard InChI is InChI=1S/C18H26N2/c1-2-8-17(9-3-1)10-6-12-19-13-7-11-18(16-19)20-14-4-5-15-20/h1-3,6,8-10,18H,4-5,7,11-16H2/b10-6+/t18-/m1/s1. The summed E-state index contributed by atoms with van der Waals surface area (Å²) in [6.45, 7) is 6.29. The lowest BCUT2D eigenvalue weighted by Gasteiger charge is -2.37. The number of hydrogen-bond acceptors (Lipinski definition) is 2.